The van der Waals surface area contributed by atoms with Crippen LogP contribution in [0.4, 0.5) is 11.8 Å². The summed E-state index contributed by atoms with van der Waals surface area (Å²) in [6.07, 6.45) is 7.81. The van der Waals surface area contributed by atoms with Gasteiger partial charge in [0.2, 0.25) is 11.7 Å². The number of hydrogen-bond donors (Lipinski definition) is 2. The van der Waals surface area contributed by atoms with Gasteiger partial charge in [-0.25, -0.2) is 9.97 Å². The maximum atomic E-state index is 12.6. The fraction of sp³-hybridized carbons (Fsp3) is 0.600. The van der Waals surface area contributed by atoms with E-state index in [9.17, 15) is 9.00 Å². The number of H-pyrrole nitrogens is 2. The van der Waals surface area contributed by atoms with Gasteiger partial charge >= 0.3 is 5.95 Å². The first-order chi connectivity index (χ1) is 14.6. The molecule has 0 bridgehead atoms. The Labute approximate surface area is 178 Å². The molecule has 0 saturated carbocycles. The third-order valence-electron chi connectivity index (χ3n) is 6.45. The number of carbonyl (C=O) groups excluding carboxylic acids is 1. The first kappa shape index (κ1) is 19.5. The van der Waals surface area contributed by atoms with Crippen molar-refractivity contribution in [1.29, 1.82) is 0 Å². The second-order valence-electron chi connectivity index (χ2n) is 8.43. The van der Waals surface area contributed by atoms with E-state index in [4.69, 9.17) is 4.98 Å². The van der Waals surface area contributed by atoms with E-state index >= 15 is 0 Å². The van der Waals surface area contributed by atoms with Crippen molar-refractivity contribution in [1.82, 2.24) is 19.9 Å². The number of fused-ring (bicyclic) bond motifs is 1. The summed E-state index contributed by atoms with van der Waals surface area (Å²) in [7, 11) is 0.803. The van der Waals surface area contributed by atoms with Crippen LogP contribution in [0.3, 0.4) is 0 Å². The zero-order valence-corrected chi connectivity index (χ0v) is 18.0. The van der Waals surface area contributed by atoms with Gasteiger partial charge in [-0.3, -0.25) is 13.9 Å². The first-order valence-electron chi connectivity index (χ1n) is 10.7. The van der Waals surface area contributed by atoms with Crippen molar-refractivity contribution >= 4 is 28.5 Å². The molecule has 3 aliphatic heterocycles. The normalized spacial score (nSPS) is 24.9. The topological polar surface area (TPSA) is 108 Å². The molecule has 5 heterocycles. The highest BCUT2D eigenvalue weighted by Crippen LogP contribution is 2.31. The number of aromatic nitrogens is 4. The van der Waals surface area contributed by atoms with Crippen LogP contribution in [0.15, 0.2) is 17.4 Å². The van der Waals surface area contributed by atoms with Gasteiger partial charge < -0.3 is 15.2 Å². The standard InChI is InChI=1S/C20H27N7O2S/c1-26-11-14(2-3-17(26)28)23-19-18-15(6-9-30(18)29)24-20(25-19)27-7-4-13(5-8-27)16-10-21-12-22-16/h10,12-14H,2-9,11H2,1H3,(H,21,22)(H,23,24,25)/p+1/t14-,30?/m0/s1. The number of amides is 1. The molecule has 1 unspecified atom stereocenters. The molecule has 0 radical (unpaired) electrons. The summed E-state index contributed by atoms with van der Waals surface area (Å²) in [5.74, 6) is 2.96. The van der Waals surface area contributed by atoms with Gasteiger partial charge in [-0.1, -0.05) is 0 Å². The average Bonchev–Trinajstić information content (AvgIpc) is 3.41. The maximum absolute atomic E-state index is 12.6. The van der Waals surface area contributed by atoms with Gasteiger partial charge in [-0.05, 0) is 19.3 Å². The molecule has 9 nitrogen and oxygen atoms in total. The number of aromatic amines is 2. The number of rotatable bonds is 4. The van der Waals surface area contributed by atoms with Gasteiger partial charge in [0.05, 0.1) is 42.8 Å². The summed E-state index contributed by atoms with van der Waals surface area (Å²) in [4.78, 5) is 32.4. The van der Waals surface area contributed by atoms with E-state index in [1.54, 1.807) is 11.2 Å². The van der Waals surface area contributed by atoms with Gasteiger partial charge in [0.15, 0.2) is 0 Å². The monoisotopic (exact) mass is 430 g/mol. The van der Waals surface area contributed by atoms with Crippen LogP contribution < -0.4 is 15.2 Å². The van der Waals surface area contributed by atoms with Gasteiger partial charge in [-0.2, -0.15) is 0 Å². The van der Waals surface area contributed by atoms with E-state index < -0.39 is 10.8 Å². The van der Waals surface area contributed by atoms with Crippen LogP contribution in [-0.2, 0) is 22.0 Å². The van der Waals surface area contributed by atoms with Gasteiger partial charge in [0, 0.05) is 43.5 Å². The molecular weight excluding hydrogens is 402 g/mol. The predicted molar refractivity (Wildman–Crippen MR) is 113 cm³/mol. The van der Waals surface area contributed by atoms with Gasteiger partial charge in [0.1, 0.15) is 10.6 Å². The molecule has 2 saturated heterocycles. The van der Waals surface area contributed by atoms with E-state index in [1.165, 1.54) is 5.69 Å². The lowest BCUT2D eigenvalue weighted by Gasteiger charge is -2.30. The third-order valence-corrected chi connectivity index (χ3v) is 7.92. The number of imidazole rings is 1. The zero-order chi connectivity index (χ0) is 20.7. The highest BCUT2D eigenvalue weighted by atomic mass is 32.2. The van der Waals surface area contributed by atoms with E-state index in [-0.39, 0.29) is 11.9 Å². The van der Waals surface area contributed by atoms with Crippen molar-refractivity contribution in [2.45, 2.75) is 49.0 Å². The number of likely N-dealkylation sites (N-methyl/N-ethyl adjacent to an activating group) is 1. The molecule has 10 heteroatoms. The van der Waals surface area contributed by atoms with Crippen LogP contribution in [0, 0.1) is 0 Å². The van der Waals surface area contributed by atoms with Crippen molar-refractivity contribution in [3.05, 3.63) is 23.9 Å². The van der Waals surface area contributed by atoms with E-state index in [0.717, 1.165) is 61.1 Å². The number of piperidine rings is 2. The van der Waals surface area contributed by atoms with Crippen molar-refractivity contribution in [2.24, 2.45) is 0 Å². The molecule has 2 aromatic heterocycles. The number of nitrogens with one attached hydrogen (secondary N) is 3. The molecule has 5 rings (SSSR count). The maximum Gasteiger partial charge on any atom is 0.347 e. The Morgan fingerprint density at radius 2 is 2.10 bits per heavy atom. The Morgan fingerprint density at radius 3 is 2.83 bits per heavy atom. The van der Waals surface area contributed by atoms with E-state index in [1.807, 2.05) is 13.2 Å². The molecular formula is C20H28N7O2S+. The lowest BCUT2D eigenvalue weighted by molar-refractivity contribution is -0.354. The van der Waals surface area contributed by atoms with Crippen LogP contribution in [0.2, 0.25) is 0 Å². The number of aryl methyl sites for hydroxylation is 1. The molecule has 0 aliphatic carbocycles. The summed E-state index contributed by atoms with van der Waals surface area (Å²) in [6.45, 7) is 2.48. The quantitative estimate of drug-likeness (QED) is 0.739. The molecule has 160 valence electrons. The van der Waals surface area contributed by atoms with Crippen LogP contribution in [-0.4, -0.2) is 68.4 Å². The highest BCUT2D eigenvalue weighted by molar-refractivity contribution is 7.85. The van der Waals surface area contributed by atoms with E-state index in [0.29, 0.717) is 24.6 Å². The molecule has 30 heavy (non-hydrogen) atoms. The summed E-state index contributed by atoms with van der Waals surface area (Å²) in [5.41, 5.74) is 2.13. The Hall–Kier alpha value is -2.49. The fourth-order valence-corrected chi connectivity index (χ4v) is 6.03. The Bertz CT molecular complexity index is 956. The molecule has 2 aromatic rings. The Kier molecular flexibility index (Phi) is 5.18. The molecule has 1 amide bonds. The van der Waals surface area contributed by atoms with Crippen molar-refractivity contribution in [3.63, 3.8) is 0 Å². The minimum absolute atomic E-state index is 0.145. The summed E-state index contributed by atoms with van der Waals surface area (Å²) in [6, 6.07) is 0.145. The third kappa shape index (κ3) is 3.68. The largest absolute Gasteiger partial charge is 0.348 e. The van der Waals surface area contributed by atoms with Crippen LogP contribution in [0.5, 0.6) is 0 Å². The molecule has 2 fully saturated rings. The number of likely N-dealkylation sites (tertiary alicyclic amines) is 1. The zero-order valence-electron chi connectivity index (χ0n) is 17.2. The van der Waals surface area contributed by atoms with Crippen LogP contribution in [0.25, 0.3) is 0 Å². The van der Waals surface area contributed by atoms with Crippen molar-refractivity contribution < 1.29 is 14.0 Å². The van der Waals surface area contributed by atoms with Crippen molar-refractivity contribution in [3.8, 4) is 0 Å². The SMILES string of the molecule is CN1C[C@@H](Nc2[nH+]c(N3CCC(c4cnc[nH]4)CC3)nc3c2S(=O)CC3)CCC1=O. The molecule has 0 spiro atoms. The number of carbonyl (C=O) groups is 1. The van der Waals surface area contributed by atoms with Crippen LogP contribution in [0.1, 0.15) is 43.0 Å². The first-order valence-corrected chi connectivity index (χ1v) is 12.0. The smallest absolute Gasteiger partial charge is 0.347 e. The minimum atomic E-state index is -1.04. The highest BCUT2D eigenvalue weighted by Gasteiger charge is 2.34. The van der Waals surface area contributed by atoms with E-state index in [2.05, 4.69) is 25.2 Å². The summed E-state index contributed by atoms with van der Waals surface area (Å²) in [5, 5.41) is 3.55. The minimum Gasteiger partial charge on any atom is -0.348 e. The molecule has 3 N–H and O–H groups in total. The summed E-state index contributed by atoms with van der Waals surface area (Å²) < 4.78 is 12.6. The Morgan fingerprint density at radius 1 is 1.27 bits per heavy atom. The second-order valence-corrected chi connectivity index (χ2v) is 9.94. The predicted octanol–water partition coefficient (Wildman–Crippen LogP) is 0.699. The fourth-order valence-electron chi connectivity index (χ4n) is 4.70. The number of anilines is 2. The van der Waals surface area contributed by atoms with Gasteiger partial charge in [-0.15, -0.1) is 4.98 Å². The average molecular weight is 431 g/mol. The molecule has 0 aromatic carbocycles. The Balaban J connectivity index is 1.36. The number of nitrogens with zero attached hydrogens (tertiary/aromatic N) is 4. The lowest BCUT2D eigenvalue weighted by Crippen LogP contribution is -2.45. The van der Waals surface area contributed by atoms with Crippen LogP contribution >= 0.6 is 0 Å². The molecule has 3 aliphatic rings. The number of hydrogen-bond acceptors (Lipinski definition) is 6. The van der Waals surface area contributed by atoms with Gasteiger partial charge in [0.25, 0.3) is 0 Å². The van der Waals surface area contributed by atoms with Crippen molar-refractivity contribution in [2.75, 3.05) is 42.7 Å². The molecule has 2 atom stereocenters. The lowest BCUT2D eigenvalue weighted by atomic mass is 9.94. The summed E-state index contributed by atoms with van der Waals surface area (Å²) >= 11 is 0. The second kappa shape index (κ2) is 7.98.